The highest BCUT2D eigenvalue weighted by Crippen LogP contribution is 2.21. The highest BCUT2D eigenvalue weighted by Gasteiger charge is 2.33. The van der Waals surface area contributed by atoms with Crippen molar-refractivity contribution in [2.24, 2.45) is 0 Å². The van der Waals surface area contributed by atoms with E-state index in [0.717, 1.165) is 44.3 Å². The SMILES string of the molecule is C[C@H]1CCCN1C(=O)CCN1CCC[C@H]1C(=O)OCc1ccccc1. The van der Waals surface area contributed by atoms with Gasteiger partial charge in [-0.05, 0) is 44.7 Å². The number of benzene rings is 1. The summed E-state index contributed by atoms with van der Waals surface area (Å²) in [5.74, 6) is 0.0524. The molecule has 2 atom stereocenters. The molecular weight excluding hydrogens is 316 g/mol. The van der Waals surface area contributed by atoms with Crippen molar-refractivity contribution in [3.8, 4) is 0 Å². The lowest BCUT2D eigenvalue weighted by Gasteiger charge is -2.25. The summed E-state index contributed by atoms with van der Waals surface area (Å²) >= 11 is 0. The number of nitrogens with zero attached hydrogens (tertiary/aromatic N) is 2. The summed E-state index contributed by atoms with van der Waals surface area (Å²) in [4.78, 5) is 28.9. The first-order valence-corrected chi connectivity index (χ1v) is 9.39. The van der Waals surface area contributed by atoms with E-state index in [1.54, 1.807) is 0 Å². The van der Waals surface area contributed by atoms with E-state index >= 15 is 0 Å². The van der Waals surface area contributed by atoms with Crippen molar-refractivity contribution < 1.29 is 14.3 Å². The summed E-state index contributed by atoms with van der Waals surface area (Å²) < 4.78 is 5.49. The van der Waals surface area contributed by atoms with E-state index in [4.69, 9.17) is 4.74 Å². The molecule has 0 aliphatic carbocycles. The van der Waals surface area contributed by atoms with Crippen molar-refractivity contribution in [1.82, 2.24) is 9.80 Å². The molecule has 0 aromatic heterocycles. The third-order valence-corrected chi connectivity index (χ3v) is 5.35. The molecule has 0 unspecified atom stereocenters. The number of carbonyl (C=O) groups excluding carboxylic acids is 2. The predicted octanol–water partition coefficient (Wildman–Crippen LogP) is 2.60. The Kier molecular flexibility index (Phi) is 6.08. The third-order valence-electron chi connectivity index (χ3n) is 5.35. The van der Waals surface area contributed by atoms with Crippen molar-refractivity contribution in [3.05, 3.63) is 35.9 Å². The van der Waals surface area contributed by atoms with Gasteiger partial charge in [-0.1, -0.05) is 30.3 Å². The number of hydrogen-bond acceptors (Lipinski definition) is 4. The van der Waals surface area contributed by atoms with Crippen LogP contribution in [0.3, 0.4) is 0 Å². The lowest BCUT2D eigenvalue weighted by molar-refractivity contribution is -0.150. The quantitative estimate of drug-likeness (QED) is 0.745. The van der Waals surface area contributed by atoms with Gasteiger partial charge in [0.05, 0.1) is 0 Å². The summed E-state index contributed by atoms with van der Waals surface area (Å²) in [6.07, 6.45) is 4.50. The minimum atomic E-state index is -0.201. The lowest BCUT2D eigenvalue weighted by atomic mass is 10.2. The van der Waals surface area contributed by atoms with Crippen LogP contribution >= 0.6 is 0 Å². The molecule has 1 aromatic rings. The van der Waals surface area contributed by atoms with Crippen LogP contribution in [0.2, 0.25) is 0 Å². The fourth-order valence-corrected chi connectivity index (χ4v) is 3.87. The van der Waals surface area contributed by atoms with Gasteiger partial charge < -0.3 is 9.64 Å². The zero-order valence-corrected chi connectivity index (χ0v) is 15.0. The molecule has 0 saturated carbocycles. The second-order valence-electron chi connectivity index (χ2n) is 7.12. The summed E-state index contributed by atoms with van der Waals surface area (Å²) in [6, 6.07) is 9.89. The first-order valence-electron chi connectivity index (χ1n) is 9.39. The van der Waals surface area contributed by atoms with Crippen molar-refractivity contribution in [2.75, 3.05) is 19.6 Å². The standard InChI is InChI=1S/C20H28N2O3/c1-16-7-5-13-22(16)19(23)11-14-21-12-6-10-18(21)20(24)25-15-17-8-3-2-4-9-17/h2-4,8-9,16,18H,5-7,10-15H2,1H3/t16-,18-/m0/s1. The zero-order chi connectivity index (χ0) is 17.6. The molecule has 5 heteroatoms. The van der Waals surface area contributed by atoms with E-state index in [1.807, 2.05) is 35.2 Å². The number of esters is 1. The van der Waals surface area contributed by atoms with Crippen LogP contribution in [0.4, 0.5) is 0 Å². The molecule has 2 saturated heterocycles. The minimum absolute atomic E-state index is 0.164. The fraction of sp³-hybridized carbons (Fsp3) is 0.600. The molecule has 2 aliphatic rings. The maximum absolute atomic E-state index is 12.4. The van der Waals surface area contributed by atoms with Gasteiger partial charge >= 0.3 is 5.97 Å². The molecule has 0 spiro atoms. The first kappa shape index (κ1) is 17.9. The van der Waals surface area contributed by atoms with Gasteiger partial charge in [-0.15, -0.1) is 0 Å². The molecule has 25 heavy (non-hydrogen) atoms. The van der Waals surface area contributed by atoms with Gasteiger partial charge in [-0.2, -0.15) is 0 Å². The number of amides is 1. The Hall–Kier alpha value is -1.88. The highest BCUT2D eigenvalue weighted by molar-refractivity contribution is 5.78. The molecule has 2 fully saturated rings. The predicted molar refractivity (Wildman–Crippen MR) is 95.9 cm³/mol. The van der Waals surface area contributed by atoms with E-state index < -0.39 is 0 Å². The Balaban J connectivity index is 1.46. The van der Waals surface area contributed by atoms with E-state index in [-0.39, 0.29) is 17.9 Å². The van der Waals surface area contributed by atoms with Crippen LogP contribution in [0.15, 0.2) is 30.3 Å². The Morgan fingerprint density at radius 1 is 1.12 bits per heavy atom. The summed E-state index contributed by atoms with van der Waals surface area (Å²) in [5, 5.41) is 0. The maximum atomic E-state index is 12.4. The highest BCUT2D eigenvalue weighted by atomic mass is 16.5. The van der Waals surface area contributed by atoms with Crippen LogP contribution in [0.1, 0.15) is 44.6 Å². The number of hydrogen-bond donors (Lipinski definition) is 0. The Labute approximate surface area is 149 Å². The fourth-order valence-electron chi connectivity index (χ4n) is 3.87. The Morgan fingerprint density at radius 2 is 1.88 bits per heavy atom. The van der Waals surface area contributed by atoms with Gasteiger partial charge in [0, 0.05) is 25.6 Å². The number of rotatable bonds is 6. The number of carbonyl (C=O) groups is 2. The number of ether oxygens (including phenoxy) is 1. The molecule has 0 N–H and O–H groups in total. The zero-order valence-electron chi connectivity index (χ0n) is 15.0. The summed E-state index contributed by atoms with van der Waals surface area (Å²) in [7, 11) is 0. The minimum Gasteiger partial charge on any atom is -0.460 e. The van der Waals surface area contributed by atoms with E-state index in [2.05, 4.69) is 11.8 Å². The van der Waals surface area contributed by atoms with E-state index in [9.17, 15) is 9.59 Å². The van der Waals surface area contributed by atoms with Crippen LogP contribution in [0, 0.1) is 0 Å². The molecule has 0 bridgehead atoms. The second-order valence-corrected chi connectivity index (χ2v) is 7.12. The van der Waals surface area contributed by atoms with Crippen molar-refractivity contribution in [2.45, 2.75) is 57.7 Å². The van der Waals surface area contributed by atoms with Crippen LogP contribution in [-0.2, 0) is 20.9 Å². The Bertz CT molecular complexity index is 590. The monoisotopic (exact) mass is 344 g/mol. The summed E-state index contributed by atoms with van der Waals surface area (Å²) in [5.41, 5.74) is 0.999. The van der Waals surface area contributed by atoms with Gasteiger partial charge in [-0.25, -0.2) is 0 Å². The van der Waals surface area contributed by atoms with Crippen molar-refractivity contribution in [3.63, 3.8) is 0 Å². The van der Waals surface area contributed by atoms with Crippen LogP contribution < -0.4 is 0 Å². The summed E-state index contributed by atoms with van der Waals surface area (Å²) in [6.45, 7) is 4.82. The lowest BCUT2D eigenvalue weighted by Crippen LogP contribution is -2.41. The number of likely N-dealkylation sites (tertiary alicyclic amines) is 2. The average Bonchev–Trinajstić information content (AvgIpc) is 3.27. The van der Waals surface area contributed by atoms with Gasteiger partial charge in [0.1, 0.15) is 12.6 Å². The smallest absolute Gasteiger partial charge is 0.323 e. The van der Waals surface area contributed by atoms with Crippen LogP contribution in [0.5, 0.6) is 0 Å². The molecular formula is C20H28N2O3. The van der Waals surface area contributed by atoms with Crippen molar-refractivity contribution >= 4 is 11.9 Å². The normalized spacial score (nSPS) is 23.8. The van der Waals surface area contributed by atoms with Crippen molar-refractivity contribution in [1.29, 1.82) is 0 Å². The average molecular weight is 344 g/mol. The third kappa shape index (κ3) is 4.60. The van der Waals surface area contributed by atoms with Gasteiger partial charge in [0.2, 0.25) is 5.91 Å². The largest absolute Gasteiger partial charge is 0.460 e. The molecule has 136 valence electrons. The van der Waals surface area contributed by atoms with Crippen LogP contribution in [-0.4, -0.2) is 53.4 Å². The van der Waals surface area contributed by atoms with E-state index in [1.165, 1.54) is 0 Å². The Morgan fingerprint density at radius 3 is 2.60 bits per heavy atom. The molecule has 3 rings (SSSR count). The molecule has 1 aromatic carbocycles. The molecule has 1 amide bonds. The topological polar surface area (TPSA) is 49.9 Å². The van der Waals surface area contributed by atoms with E-state index in [0.29, 0.717) is 25.6 Å². The van der Waals surface area contributed by atoms with Gasteiger partial charge in [0.25, 0.3) is 0 Å². The second kappa shape index (κ2) is 8.48. The first-order chi connectivity index (χ1) is 12.1. The molecule has 2 heterocycles. The molecule has 0 radical (unpaired) electrons. The van der Waals surface area contributed by atoms with Gasteiger partial charge in [-0.3, -0.25) is 14.5 Å². The molecule has 5 nitrogen and oxygen atoms in total. The maximum Gasteiger partial charge on any atom is 0.323 e. The van der Waals surface area contributed by atoms with Crippen LogP contribution in [0.25, 0.3) is 0 Å². The van der Waals surface area contributed by atoms with Gasteiger partial charge in [0.15, 0.2) is 0 Å². The molecule has 2 aliphatic heterocycles.